The molecule has 1 heterocycles. The van der Waals surface area contributed by atoms with Crippen molar-refractivity contribution in [3.05, 3.63) is 42.0 Å². The largest absolute Gasteiger partial charge is 0.375 e. The van der Waals surface area contributed by atoms with Crippen LogP contribution in [0, 0.1) is 6.92 Å². The van der Waals surface area contributed by atoms with Crippen molar-refractivity contribution < 1.29 is 4.52 Å². The third kappa shape index (κ3) is 4.37. The molecule has 0 fully saturated rings. The zero-order valence-electron chi connectivity index (χ0n) is 11.5. The Labute approximate surface area is 113 Å². The van der Waals surface area contributed by atoms with E-state index in [0.717, 1.165) is 19.5 Å². The smallest absolute Gasteiger partial charge is 0.223 e. The molecule has 5 heteroatoms. The first-order chi connectivity index (χ1) is 9.25. The molecule has 0 radical (unpaired) electrons. The summed E-state index contributed by atoms with van der Waals surface area (Å²) >= 11 is 0. The summed E-state index contributed by atoms with van der Waals surface area (Å²) in [4.78, 5) is 6.39. The van der Waals surface area contributed by atoms with Crippen molar-refractivity contribution in [2.75, 3.05) is 25.0 Å². The molecule has 0 spiro atoms. The molecule has 2 aromatic rings. The third-order valence-electron chi connectivity index (χ3n) is 2.90. The molecule has 0 saturated carbocycles. The standard InChI is InChI=1S/C14H20N4O/c1-12-16-14(17-19-12)11-15-9-6-10-18(2)13-7-4-3-5-8-13/h3-5,7-8,15H,6,9-11H2,1-2H3. The maximum Gasteiger partial charge on any atom is 0.223 e. The van der Waals surface area contributed by atoms with E-state index in [1.165, 1.54) is 5.69 Å². The van der Waals surface area contributed by atoms with Gasteiger partial charge in [0.15, 0.2) is 5.82 Å². The van der Waals surface area contributed by atoms with Gasteiger partial charge in [-0.2, -0.15) is 4.98 Å². The first-order valence-corrected chi connectivity index (χ1v) is 6.52. The predicted octanol–water partition coefficient (Wildman–Crippen LogP) is 1.99. The van der Waals surface area contributed by atoms with Crippen molar-refractivity contribution in [3.63, 3.8) is 0 Å². The zero-order chi connectivity index (χ0) is 13.5. The number of nitrogens with one attached hydrogen (secondary N) is 1. The van der Waals surface area contributed by atoms with Crippen LogP contribution in [0.15, 0.2) is 34.9 Å². The quantitative estimate of drug-likeness (QED) is 0.772. The molecule has 2 rings (SSSR count). The lowest BCUT2D eigenvalue weighted by Crippen LogP contribution is -2.23. The van der Waals surface area contributed by atoms with Gasteiger partial charge in [-0.3, -0.25) is 0 Å². The topological polar surface area (TPSA) is 54.2 Å². The number of aromatic nitrogens is 2. The molecule has 1 N–H and O–H groups in total. The number of rotatable bonds is 7. The lowest BCUT2D eigenvalue weighted by molar-refractivity contribution is 0.385. The zero-order valence-corrected chi connectivity index (χ0v) is 11.5. The Balaban J connectivity index is 1.62. The van der Waals surface area contributed by atoms with Gasteiger partial charge in [0.25, 0.3) is 0 Å². The minimum atomic E-state index is 0.612. The molecule has 0 atom stereocenters. The molecular weight excluding hydrogens is 240 g/mol. The van der Waals surface area contributed by atoms with E-state index in [4.69, 9.17) is 4.52 Å². The molecular formula is C14H20N4O. The van der Waals surface area contributed by atoms with Crippen LogP contribution in [0.25, 0.3) is 0 Å². The Morgan fingerprint density at radius 2 is 2.05 bits per heavy atom. The fourth-order valence-electron chi connectivity index (χ4n) is 1.87. The minimum Gasteiger partial charge on any atom is -0.375 e. The number of benzene rings is 1. The van der Waals surface area contributed by atoms with Gasteiger partial charge < -0.3 is 14.7 Å². The molecule has 0 unspecified atom stereocenters. The van der Waals surface area contributed by atoms with Crippen molar-refractivity contribution in [3.8, 4) is 0 Å². The molecule has 1 aromatic carbocycles. The van der Waals surface area contributed by atoms with Gasteiger partial charge in [0.2, 0.25) is 5.89 Å². The van der Waals surface area contributed by atoms with Crippen molar-refractivity contribution >= 4 is 5.69 Å². The molecule has 0 bridgehead atoms. The molecule has 0 aliphatic heterocycles. The van der Waals surface area contributed by atoms with E-state index in [1.54, 1.807) is 6.92 Å². The Kier molecular flexibility index (Phi) is 4.92. The van der Waals surface area contributed by atoms with Gasteiger partial charge in [0, 0.05) is 26.2 Å². The van der Waals surface area contributed by atoms with Crippen LogP contribution in [0.4, 0.5) is 5.69 Å². The maximum absolute atomic E-state index is 4.91. The van der Waals surface area contributed by atoms with E-state index in [1.807, 2.05) is 6.07 Å². The van der Waals surface area contributed by atoms with E-state index in [-0.39, 0.29) is 0 Å². The monoisotopic (exact) mass is 260 g/mol. The summed E-state index contributed by atoms with van der Waals surface area (Å²) < 4.78 is 4.91. The van der Waals surface area contributed by atoms with Crippen molar-refractivity contribution in [1.29, 1.82) is 0 Å². The number of aryl methyl sites for hydroxylation is 1. The Bertz CT molecular complexity index is 483. The van der Waals surface area contributed by atoms with Gasteiger partial charge in [-0.25, -0.2) is 0 Å². The first-order valence-electron chi connectivity index (χ1n) is 6.52. The highest BCUT2D eigenvalue weighted by Crippen LogP contribution is 2.10. The van der Waals surface area contributed by atoms with Gasteiger partial charge in [-0.05, 0) is 25.1 Å². The summed E-state index contributed by atoms with van der Waals surface area (Å²) in [6.45, 7) is 4.41. The van der Waals surface area contributed by atoms with E-state index < -0.39 is 0 Å². The Morgan fingerprint density at radius 1 is 1.26 bits per heavy atom. The number of para-hydroxylation sites is 1. The highest BCUT2D eigenvalue weighted by atomic mass is 16.5. The Morgan fingerprint density at radius 3 is 2.74 bits per heavy atom. The second kappa shape index (κ2) is 6.89. The van der Waals surface area contributed by atoms with Crippen molar-refractivity contribution in [2.24, 2.45) is 0 Å². The van der Waals surface area contributed by atoms with Crippen LogP contribution in [-0.4, -0.2) is 30.3 Å². The van der Waals surface area contributed by atoms with E-state index in [9.17, 15) is 0 Å². The second-order valence-electron chi connectivity index (χ2n) is 4.52. The minimum absolute atomic E-state index is 0.612. The van der Waals surface area contributed by atoms with Gasteiger partial charge >= 0.3 is 0 Å². The Hall–Kier alpha value is -1.88. The highest BCUT2D eigenvalue weighted by molar-refractivity contribution is 5.44. The second-order valence-corrected chi connectivity index (χ2v) is 4.52. The molecule has 1 aromatic heterocycles. The van der Waals surface area contributed by atoms with Crippen LogP contribution >= 0.6 is 0 Å². The molecule has 0 saturated heterocycles. The number of hydrogen-bond acceptors (Lipinski definition) is 5. The highest BCUT2D eigenvalue weighted by Gasteiger charge is 2.02. The summed E-state index contributed by atoms with van der Waals surface area (Å²) in [7, 11) is 2.11. The van der Waals surface area contributed by atoms with Gasteiger partial charge in [0.1, 0.15) is 0 Å². The molecule has 19 heavy (non-hydrogen) atoms. The third-order valence-corrected chi connectivity index (χ3v) is 2.90. The molecule has 5 nitrogen and oxygen atoms in total. The first kappa shape index (κ1) is 13.5. The number of nitrogens with zero attached hydrogens (tertiary/aromatic N) is 3. The average molecular weight is 260 g/mol. The molecule has 0 aliphatic rings. The van der Waals surface area contributed by atoms with Crippen LogP contribution < -0.4 is 10.2 Å². The summed E-state index contributed by atoms with van der Waals surface area (Å²) in [5.74, 6) is 1.33. The van der Waals surface area contributed by atoms with Crippen LogP contribution in [0.2, 0.25) is 0 Å². The number of hydrogen-bond donors (Lipinski definition) is 1. The van der Waals surface area contributed by atoms with Crippen LogP contribution in [0.3, 0.4) is 0 Å². The lowest BCUT2D eigenvalue weighted by Gasteiger charge is -2.19. The van der Waals surface area contributed by atoms with E-state index >= 15 is 0 Å². The maximum atomic E-state index is 4.91. The summed E-state index contributed by atoms with van der Waals surface area (Å²) in [6, 6.07) is 10.4. The molecule has 0 amide bonds. The summed E-state index contributed by atoms with van der Waals surface area (Å²) in [6.07, 6.45) is 1.07. The fourth-order valence-corrected chi connectivity index (χ4v) is 1.87. The average Bonchev–Trinajstić information content (AvgIpc) is 2.85. The van der Waals surface area contributed by atoms with Crippen LogP contribution in [0.5, 0.6) is 0 Å². The molecule has 102 valence electrons. The molecule has 0 aliphatic carbocycles. The summed E-state index contributed by atoms with van der Waals surface area (Å²) in [5.41, 5.74) is 1.25. The van der Waals surface area contributed by atoms with Gasteiger partial charge in [-0.15, -0.1) is 0 Å². The van der Waals surface area contributed by atoms with Crippen molar-refractivity contribution in [2.45, 2.75) is 19.9 Å². The predicted molar refractivity (Wildman–Crippen MR) is 75.1 cm³/mol. The van der Waals surface area contributed by atoms with E-state index in [0.29, 0.717) is 18.3 Å². The van der Waals surface area contributed by atoms with Crippen LogP contribution in [0.1, 0.15) is 18.1 Å². The number of anilines is 1. The van der Waals surface area contributed by atoms with Crippen molar-refractivity contribution in [1.82, 2.24) is 15.5 Å². The lowest BCUT2D eigenvalue weighted by atomic mass is 10.3. The van der Waals surface area contributed by atoms with Gasteiger partial charge in [0.05, 0.1) is 6.54 Å². The summed E-state index contributed by atoms with van der Waals surface area (Å²) in [5, 5.41) is 7.15. The fraction of sp³-hybridized carbons (Fsp3) is 0.429. The normalized spacial score (nSPS) is 10.6. The van der Waals surface area contributed by atoms with Crippen LogP contribution in [-0.2, 0) is 6.54 Å². The van der Waals surface area contributed by atoms with E-state index in [2.05, 4.69) is 51.7 Å². The SMILES string of the molecule is Cc1nc(CNCCCN(C)c2ccccc2)no1. The van der Waals surface area contributed by atoms with Gasteiger partial charge in [-0.1, -0.05) is 23.4 Å².